The molecule has 8 heteroatoms. The Morgan fingerprint density at radius 3 is 2.61 bits per heavy atom. The molecule has 1 unspecified atom stereocenters. The van der Waals surface area contributed by atoms with Gasteiger partial charge in [-0.05, 0) is 19.8 Å². The van der Waals surface area contributed by atoms with Crippen LogP contribution in [0.2, 0.25) is 0 Å². The van der Waals surface area contributed by atoms with Crippen molar-refractivity contribution in [2.24, 2.45) is 0 Å². The van der Waals surface area contributed by atoms with Crippen LogP contribution < -0.4 is 10.1 Å². The van der Waals surface area contributed by atoms with Crippen LogP contribution in [0.1, 0.15) is 19.8 Å². The van der Waals surface area contributed by atoms with Crippen molar-refractivity contribution >= 4 is 17.4 Å². The number of halogens is 4. The van der Waals surface area contributed by atoms with Crippen molar-refractivity contribution < 1.29 is 17.9 Å². The fraction of sp³-hybridized carbons (Fsp3) is 0.600. The highest BCUT2D eigenvalue weighted by molar-refractivity contribution is 6.17. The highest BCUT2D eigenvalue weighted by atomic mass is 35.5. The number of hydrogen-bond donors (Lipinski definition) is 1. The topological polar surface area (TPSA) is 47.0 Å². The van der Waals surface area contributed by atoms with Crippen molar-refractivity contribution in [3.8, 4) is 5.88 Å². The Labute approximate surface area is 108 Å². The third-order valence-corrected chi connectivity index (χ3v) is 2.28. The maximum absolute atomic E-state index is 11.9. The second kappa shape index (κ2) is 6.63. The van der Waals surface area contributed by atoms with Crippen LogP contribution in [0.3, 0.4) is 0 Å². The van der Waals surface area contributed by atoms with E-state index in [1.165, 1.54) is 6.20 Å². The summed E-state index contributed by atoms with van der Waals surface area (Å²) in [5, 5.41) is 3.00. The van der Waals surface area contributed by atoms with Gasteiger partial charge in [0.2, 0.25) is 5.88 Å². The summed E-state index contributed by atoms with van der Waals surface area (Å²) in [5.74, 6) is 0.379. The van der Waals surface area contributed by atoms with E-state index in [0.29, 0.717) is 11.7 Å². The van der Waals surface area contributed by atoms with E-state index in [2.05, 4.69) is 20.0 Å². The zero-order valence-electron chi connectivity index (χ0n) is 9.67. The van der Waals surface area contributed by atoms with E-state index in [-0.39, 0.29) is 6.04 Å². The molecular formula is C10H13ClF3N3O. The molecule has 0 aliphatic heterocycles. The number of aromatic nitrogens is 2. The van der Waals surface area contributed by atoms with Crippen LogP contribution >= 0.6 is 11.6 Å². The predicted octanol–water partition coefficient (Wildman–Crippen LogP) is 3.19. The molecule has 0 amide bonds. The molecule has 102 valence electrons. The van der Waals surface area contributed by atoms with E-state index in [0.717, 1.165) is 19.0 Å². The number of alkyl halides is 4. The number of hydrogen-bond acceptors (Lipinski definition) is 4. The lowest BCUT2D eigenvalue weighted by Crippen LogP contribution is -2.19. The van der Waals surface area contributed by atoms with Gasteiger partial charge in [-0.25, -0.2) is 9.97 Å². The first-order valence-corrected chi connectivity index (χ1v) is 5.84. The van der Waals surface area contributed by atoms with Gasteiger partial charge in [0.25, 0.3) is 0 Å². The molecule has 0 saturated carbocycles. The Kier molecular flexibility index (Phi) is 5.46. The lowest BCUT2D eigenvalue weighted by atomic mass is 10.2. The number of ether oxygens (including phenoxy) is 1. The molecule has 1 atom stereocenters. The summed E-state index contributed by atoms with van der Waals surface area (Å²) in [6.45, 7) is 1.92. The molecule has 0 aromatic carbocycles. The molecule has 0 aliphatic rings. The van der Waals surface area contributed by atoms with Crippen molar-refractivity contribution in [3.63, 3.8) is 0 Å². The summed E-state index contributed by atoms with van der Waals surface area (Å²) in [6.07, 6.45) is -0.954. The third kappa shape index (κ3) is 5.90. The fourth-order valence-corrected chi connectivity index (χ4v) is 1.42. The van der Waals surface area contributed by atoms with Crippen LogP contribution in [-0.4, -0.2) is 28.3 Å². The van der Waals surface area contributed by atoms with Crippen molar-refractivity contribution in [1.82, 2.24) is 9.97 Å². The van der Waals surface area contributed by atoms with Crippen LogP contribution in [-0.2, 0) is 0 Å². The van der Waals surface area contributed by atoms with Gasteiger partial charge in [0, 0.05) is 11.9 Å². The van der Waals surface area contributed by atoms with Gasteiger partial charge in [0.1, 0.15) is 5.82 Å². The molecule has 1 aromatic rings. The maximum Gasteiger partial charge on any atom is 0.574 e. The zero-order chi connectivity index (χ0) is 13.6. The van der Waals surface area contributed by atoms with Gasteiger partial charge in [0.05, 0.1) is 12.4 Å². The van der Waals surface area contributed by atoms with Crippen molar-refractivity contribution in [1.29, 1.82) is 0 Å². The maximum atomic E-state index is 11.9. The van der Waals surface area contributed by atoms with Gasteiger partial charge < -0.3 is 10.1 Å². The molecule has 0 aliphatic carbocycles. The third-order valence-electron chi connectivity index (χ3n) is 2.01. The Hall–Kier alpha value is -1.24. The highest BCUT2D eigenvalue weighted by Crippen LogP contribution is 2.20. The number of nitrogens with one attached hydrogen (secondary N) is 1. The van der Waals surface area contributed by atoms with Crippen molar-refractivity contribution in [2.45, 2.75) is 32.2 Å². The summed E-state index contributed by atoms with van der Waals surface area (Å²) in [6, 6.07) is 0.118. The second-order valence-corrected chi connectivity index (χ2v) is 4.04. The lowest BCUT2D eigenvalue weighted by Gasteiger charge is -2.13. The van der Waals surface area contributed by atoms with Crippen LogP contribution in [0.15, 0.2) is 12.4 Å². The predicted molar refractivity (Wildman–Crippen MR) is 61.8 cm³/mol. The molecule has 1 aromatic heterocycles. The lowest BCUT2D eigenvalue weighted by molar-refractivity contribution is -0.276. The molecule has 1 N–H and O–H groups in total. The Morgan fingerprint density at radius 2 is 2.11 bits per heavy atom. The number of rotatable bonds is 6. The second-order valence-electron chi connectivity index (χ2n) is 3.66. The monoisotopic (exact) mass is 283 g/mol. The summed E-state index contributed by atoms with van der Waals surface area (Å²) in [5.41, 5.74) is 0. The van der Waals surface area contributed by atoms with Gasteiger partial charge in [-0.1, -0.05) is 0 Å². The fourth-order valence-electron chi connectivity index (χ4n) is 1.27. The SMILES string of the molecule is CC(CCCCl)Nc1cnc(OC(F)(F)F)cn1. The number of nitrogens with zero attached hydrogens (tertiary/aromatic N) is 2. The average Bonchev–Trinajstić information content (AvgIpc) is 2.27. The van der Waals surface area contributed by atoms with E-state index >= 15 is 0 Å². The van der Waals surface area contributed by atoms with E-state index < -0.39 is 12.2 Å². The zero-order valence-corrected chi connectivity index (χ0v) is 10.4. The minimum Gasteiger partial charge on any atom is -0.386 e. The standard InChI is InChI=1S/C10H13ClF3N3O/c1-7(3-2-4-11)17-8-5-16-9(6-15-8)18-10(12,13)14/h5-7H,2-4H2,1H3,(H,15,17). The molecular weight excluding hydrogens is 271 g/mol. The summed E-state index contributed by atoms with van der Waals surface area (Å²) in [7, 11) is 0. The molecule has 0 saturated heterocycles. The number of anilines is 1. The quantitative estimate of drug-likeness (QED) is 0.815. The molecule has 0 bridgehead atoms. The van der Waals surface area contributed by atoms with Crippen LogP contribution in [0.5, 0.6) is 5.88 Å². The summed E-state index contributed by atoms with van der Waals surface area (Å²) < 4.78 is 39.2. The van der Waals surface area contributed by atoms with Crippen molar-refractivity contribution in [3.05, 3.63) is 12.4 Å². The van der Waals surface area contributed by atoms with Crippen LogP contribution in [0.25, 0.3) is 0 Å². The van der Waals surface area contributed by atoms with E-state index in [4.69, 9.17) is 11.6 Å². The Morgan fingerprint density at radius 1 is 1.39 bits per heavy atom. The highest BCUT2D eigenvalue weighted by Gasteiger charge is 2.31. The first-order valence-electron chi connectivity index (χ1n) is 5.31. The molecule has 1 rings (SSSR count). The average molecular weight is 284 g/mol. The molecule has 0 spiro atoms. The molecule has 0 radical (unpaired) electrons. The first-order chi connectivity index (χ1) is 8.40. The van der Waals surface area contributed by atoms with Gasteiger partial charge in [-0.15, -0.1) is 24.8 Å². The van der Waals surface area contributed by atoms with E-state index in [9.17, 15) is 13.2 Å². The van der Waals surface area contributed by atoms with Crippen molar-refractivity contribution in [2.75, 3.05) is 11.2 Å². The van der Waals surface area contributed by atoms with E-state index in [1.807, 2.05) is 6.92 Å². The minimum atomic E-state index is -4.75. The van der Waals surface area contributed by atoms with Gasteiger partial charge >= 0.3 is 6.36 Å². The van der Waals surface area contributed by atoms with Gasteiger partial charge in [-0.2, -0.15) is 0 Å². The minimum absolute atomic E-state index is 0.118. The Bertz CT molecular complexity index is 358. The Balaban J connectivity index is 2.50. The molecule has 1 heterocycles. The van der Waals surface area contributed by atoms with Crippen LogP contribution in [0.4, 0.5) is 19.0 Å². The first kappa shape index (κ1) is 14.8. The van der Waals surface area contributed by atoms with Crippen LogP contribution in [0, 0.1) is 0 Å². The summed E-state index contributed by atoms with van der Waals surface area (Å²) in [4.78, 5) is 7.28. The summed E-state index contributed by atoms with van der Waals surface area (Å²) >= 11 is 5.55. The van der Waals surface area contributed by atoms with Gasteiger partial charge in [0.15, 0.2) is 0 Å². The largest absolute Gasteiger partial charge is 0.574 e. The molecule has 18 heavy (non-hydrogen) atoms. The smallest absolute Gasteiger partial charge is 0.386 e. The van der Waals surface area contributed by atoms with E-state index in [1.54, 1.807) is 0 Å². The normalized spacial score (nSPS) is 13.2. The molecule has 0 fully saturated rings. The van der Waals surface area contributed by atoms with Gasteiger partial charge in [-0.3, -0.25) is 0 Å². The molecule has 4 nitrogen and oxygen atoms in total.